The van der Waals surface area contributed by atoms with Crippen molar-refractivity contribution >= 4 is 103 Å². The number of hydrogen-bond donors (Lipinski definition) is 8. The molecular weight excluding hydrogens is 1200 g/mol. The van der Waals surface area contributed by atoms with Crippen LogP contribution in [0.3, 0.4) is 0 Å². The van der Waals surface area contributed by atoms with Gasteiger partial charge < -0.3 is 65.4 Å². The van der Waals surface area contributed by atoms with Crippen LogP contribution in [0.2, 0.25) is 5.02 Å². The Kier molecular flexibility index (Phi) is 23.9. The number of aromatic nitrogens is 1. The fraction of sp³-hybridized carbons (Fsp3) is 0.517. The van der Waals surface area contributed by atoms with Crippen LogP contribution in [0.15, 0.2) is 78.5 Å². The molecule has 2 saturated heterocycles. The van der Waals surface area contributed by atoms with Gasteiger partial charge in [0.15, 0.2) is 5.72 Å². The van der Waals surface area contributed by atoms with Crippen LogP contribution < -0.4 is 47.3 Å². The van der Waals surface area contributed by atoms with Crippen LogP contribution in [-0.2, 0) is 54.1 Å². The van der Waals surface area contributed by atoms with Crippen LogP contribution >= 0.6 is 27.5 Å². The number of amides is 8. The summed E-state index contributed by atoms with van der Waals surface area (Å²) in [5.41, 5.74) is 4.87. The Morgan fingerprint density at radius 3 is 2.44 bits per heavy atom. The topological polar surface area (TPSA) is 330 Å². The van der Waals surface area contributed by atoms with Crippen molar-refractivity contribution in [3.05, 3.63) is 89.1 Å². The van der Waals surface area contributed by atoms with E-state index >= 15 is 0 Å². The Balaban J connectivity index is 1.22. The number of benzene rings is 2. The van der Waals surface area contributed by atoms with Gasteiger partial charge in [-0.2, -0.15) is 0 Å². The van der Waals surface area contributed by atoms with E-state index in [1.807, 2.05) is 13.0 Å². The number of anilines is 3. The molecule has 3 aliphatic rings. The number of esters is 1. The number of nitrogens with one attached hydrogen (secondary N) is 6. The second-order valence-corrected chi connectivity index (χ2v) is 23.3. The van der Waals surface area contributed by atoms with Crippen molar-refractivity contribution in [3.8, 4) is 5.75 Å². The van der Waals surface area contributed by atoms with Crippen molar-refractivity contribution in [2.24, 2.45) is 17.6 Å². The summed E-state index contributed by atoms with van der Waals surface area (Å²) in [4.78, 5) is 113. The molecule has 26 heteroatoms. The maximum Gasteiger partial charge on any atom is 0.412 e. The van der Waals surface area contributed by atoms with Gasteiger partial charge in [-0.15, -0.1) is 0 Å². The lowest BCUT2D eigenvalue weighted by molar-refractivity contribution is -0.144. The number of aliphatic hydroxyl groups is 1. The molecule has 3 aliphatic heterocycles. The summed E-state index contributed by atoms with van der Waals surface area (Å²) in [6.45, 7) is 14.3. The number of halogens is 2. The van der Waals surface area contributed by atoms with Gasteiger partial charge in [0.2, 0.25) is 23.6 Å². The fourth-order valence-electron chi connectivity index (χ4n) is 10.4. The number of rotatable bonds is 22. The molecule has 8 amide bonds. The highest BCUT2D eigenvalue weighted by Gasteiger charge is 2.64. The molecule has 10 atom stereocenters. The largest absolute Gasteiger partial charge is 0.495 e. The van der Waals surface area contributed by atoms with Gasteiger partial charge in [0.25, 0.3) is 0 Å². The Labute approximate surface area is 513 Å². The average Bonchev–Trinajstić information content (AvgIpc) is 1.62. The molecule has 24 nitrogen and oxygen atoms in total. The third-order valence-corrected chi connectivity index (χ3v) is 16.4. The first-order valence-electron chi connectivity index (χ1n) is 28.3. The summed E-state index contributed by atoms with van der Waals surface area (Å²) in [7, 11) is 4.40. The van der Waals surface area contributed by atoms with Gasteiger partial charge in [-0.3, -0.25) is 34.8 Å². The van der Waals surface area contributed by atoms with E-state index in [0.29, 0.717) is 48.1 Å². The molecule has 3 aromatic rings. The Morgan fingerprint density at radius 1 is 1.02 bits per heavy atom. The quantitative estimate of drug-likeness (QED) is 0.0121. The third-order valence-electron chi connectivity index (χ3n) is 15.4. The first-order valence-corrected chi connectivity index (χ1v) is 29.8. The lowest BCUT2D eigenvalue weighted by Gasteiger charge is -2.42. The van der Waals surface area contributed by atoms with Crippen LogP contribution in [0.1, 0.15) is 98.5 Å². The minimum atomic E-state index is -1.91. The number of allylic oxidation sites excluding steroid dienone is 3. The minimum Gasteiger partial charge on any atom is -0.495 e. The number of alkyl carbamates (subject to hydrolysis) is 1. The van der Waals surface area contributed by atoms with Crippen molar-refractivity contribution in [3.63, 3.8) is 0 Å². The number of alkyl halides is 1. The smallest absolute Gasteiger partial charge is 0.412 e. The van der Waals surface area contributed by atoms with Gasteiger partial charge in [-0.05, 0) is 107 Å². The normalized spacial score (nSPS) is 24.2. The highest BCUT2D eigenvalue weighted by molar-refractivity contribution is 9.09. The van der Waals surface area contributed by atoms with Crippen molar-refractivity contribution in [2.75, 3.05) is 48.7 Å². The Hall–Kier alpha value is -7.32. The Bertz CT molecular complexity index is 3090. The Morgan fingerprint density at radius 2 is 1.76 bits per heavy atom. The summed E-state index contributed by atoms with van der Waals surface area (Å²) in [6.07, 6.45) is 2.02. The zero-order chi connectivity index (χ0) is 63.2. The predicted octanol–water partition coefficient (Wildman–Crippen LogP) is 7.38. The minimum absolute atomic E-state index is 0.0307. The molecule has 0 spiro atoms. The first kappa shape index (κ1) is 67.8. The van der Waals surface area contributed by atoms with Crippen molar-refractivity contribution < 1.29 is 71.9 Å². The molecular formula is C60H79BrClN9O15. The van der Waals surface area contributed by atoms with Gasteiger partial charge in [-0.1, -0.05) is 78.7 Å². The molecule has 9 N–H and O–H groups in total. The molecule has 1 aromatic heterocycles. The second kappa shape index (κ2) is 30.3. The van der Waals surface area contributed by atoms with E-state index < -0.39 is 120 Å². The molecule has 4 heterocycles. The number of ether oxygens (including phenoxy) is 6. The molecule has 0 saturated carbocycles. The summed E-state index contributed by atoms with van der Waals surface area (Å²) < 4.78 is 35.0. The van der Waals surface area contributed by atoms with Gasteiger partial charge in [0.05, 0.1) is 48.3 Å². The highest BCUT2D eigenvalue weighted by Crippen LogP contribution is 2.49. The van der Waals surface area contributed by atoms with E-state index in [4.69, 9.17) is 45.8 Å². The average molecular weight is 1280 g/mol. The first-order chi connectivity index (χ1) is 40.7. The van der Waals surface area contributed by atoms with Crippen LogP contribution in [0.25, 0.3) is 10.9 Å². The summed E-state index contributed by atoms with van der Waals surface area (Å²) in [6, 6.07) is 6.76. The number of nitrogens with zero attached hydrogens (tertiary/aromatic N) is 2. The SMILES string of the molecule is C=C(CBr)C(=O)OC(C)CCCCC(=O)N[C@H](C(=O)N[C@@H](CCCNC(N)=O)C(=O)Nc1ccc(NC(=O)O[C@H]2CC(=O)N(C)c3cc(cc(OC)c3Cl)C/C(C)=C/C=C/[C@@H](OC)[C@@]3(O)C[C@H](OC(=O)N3)[C@@H](C)[C@@H]3O[C@@]23C)c2cccnc12)C(C)C. The number of primary amides is 1. The van der Waals surface area contributed by atoms with Crippen LogP contribution in [0.5, 0.6) is 5.75 Å². The molecule has 0 radical (unpaired) electrons. The van der Waals surface area contributed by atoms with Crippen LogP contribution in [0, 0.1) is 11.8 Å². The predicted molar refractivity (Wildman–Crippen MR) is 326 cm³/mol. The van der Waals surface area contributed by atoms with Crippen molar-refractivity contribution in [1.29, 1.82) is 0 Å². The van der Waals surface area contributed by atoms with E-state index in [-0.39, 0.29) is 59.5 Å². The fourth-order valence-corrected chi connectivity index (χ4v) is 10.9. The molecule has 468 valence electrons. The number of nitrogens with two attached hydrogens (primary N) is 1. The summed E-state index contributed by atoms with van der Waals surface area (Å²) in [5, 5.41) is 28.9. The molecule has 6 rings (SSSR count). The van der Waals surface area contributed by atoms with E-state index in [1.54, 1.807) is 71.0 Å². The monoisotopic (exact) mass is 1280 g/mol. The molecule has 0 aliphatic carbocycles. The number of methoxy groups -OCH3 is 2. The van der Waals surface area contributed by atoms with E-state index in [2.05, 4.69) is 59.4 Å². The summed E-state index contributed by atoms with van der Waals surface area (Å²) >= 11 is 10.1. The zero-order valence-electron chi connectivity index (χ0n) is 49.8. The van der Waals surface area contributed by atoms with Gasteiger partial charge in [0.1, 0.15) is 46.8 Å². The number of pyridine rings is 1. The second-order valence-electron chi connectivity index (χ2n) is 22.3. The number of carbonyl (C=O) groups excluding carboxylic acids is 8. The molecule has 2 fully saturated rings. The lowest BCUT2D eigenvalue weighted by Crippen LogP contribution is -2.63. The van der Waals surface area contributed by atoms with E-state index in [1.165, 1.54) is 44.5 Å². The molecule has 86 heavy (non-hydrogen) atoms. The van der Waals surface area contributed by atoms with Gasteiger partial charge >= 0.3 is 24.2 Å². The standard InChI is InChI=1S/C60H79BrClN9O15/c1-32(2)50(69-47(72)21-12-11-17-35(5)83-55(76)34(4)31-61)54(75)67-41(19-15-25-65-56(63)77)53(74)66-40-23-22-39(38-18-14-24-64-51(38)40)68-57(78)85-46-29-48(73)71(8)42-27-37(28-43(81-9)49(42)62)26-33(3)16-13-20-45(82-10)60(80)30-44(84-58(79)70-60)36(6)52-59(46,7)86-52/h13-14,16,18,20,22-24,27-28,32,35-36,41,44-46,50,52,80H,4,11-12,15,17,19,21,25-26,29-31H2,1-3,5-10H3,(H,66,74)(H,67,75)(H,68,78)(H,69,72)(H,70,79)(H3,63,65,77)/b20-13+,33-16+/t35?,36-,41+,44+,45-,46+,50+,52+,59+,60+/m1/s1. The van der Waals surface area contributed by atoms with Crippen molar-refractivity contribution in [2.45, 2.75) is 153 Å². The van der Waals surface area contributed by atoms with E-state index in [9.17, 15) is 43.5 Å². The van der Waals surface area contributed by atoms with E-state index in [0.717, 1.165) is 11.1 Å². The molecule has 2 aromatic carbocycles. The number of epoxide rings is 1. The van der Waals surface area contributed by atoms with Crippen LogP contribution in [0.4, 0.5) is 31.4 Å². The number of fused-ring (bicyclic) bond motifs is 6. The number of urea groups is 1. The maximum atomic E-state index is 14.6. The van der Waals surface area contributed by atoms with Gasteiger partial charge in [0, 0.05) is 61.9 Å². The molecule has 4 bridgehead atoms. The highest BCUT2D eigenvalue weighted by atomic mass is 79.9. The number of hydrogen-bond acceptors (Lipinski definition) is 16. The summed E-state index contributed by atoms with van der Waals surface area (Å²) in [5.74, 6) is -3.43. The number of carbonyl (C=O) groups is 8. The van der Waals surface area contributed by atoms with Crippen molar-refractivity contribution in [1.82, 2.24) is 26.3 Å². The lowest BCUT2D eigenvalue weighted by atomic mass is 9.83. The zero-order valence-corrected chi connectivity index (χ0v) is 52.2. The number of unbranched alkanes of at least 4 members (excludes halogenated alkanes) is 1. The third kappa shape index (κ3) is 17.7. The maximum absolute atomic E-state index is 14.6. The van der Waals surface area contributed by atoms with Crippen LogP contribution in [-0.4, -0.2) is 145 Å². The molecule has 1 unspecified atom stereocenters. The van der Waals surface area contributed by atoms with Gasteiger partial charge in [-0.25, -0.2) is 19.2 Å².